The molecule has 0 aromatic heterocycles. The average molecular weight is 1140 g/mol. The smallest absolute Gasteiger partial charge is 0.335 e. The number of carbonyl (C=O) groups excluding carboxylic acids is 3. The number of carbonyl (C=O) groups is 4. The lowest BCUT2D eigenvalue weighted by molar-refractivity contribution is -0.301. The maximum Gasteiger partial charge on any atom is 0.335 e. The van der Waals surface area contributed by atoms with Crippen molar-refractivity contribution < 1.29 is 58.2 Å². The van der Waals surface area contributed by atoms with Crippen molar-refractivity contribution in [1.82, 2.24) is 0 Å². The van der Waals surface area contributed by atoms with Gasteiger partial charge in [0.15, 0.2) is 24.6 Å². The number of hydrogen-bond donors (Lipinski definition) is 3. The minimum atomic E-state index is -1.91. The molecule has 3 N–H and O–H groups in total. The molecule has 1 rings (SSSR count). The highest BCUT2D eigenvalue weighted by Gasteiger charge is 2.50. The summed E-state index contributed by atoms with van der Waals surface area (Å²) in [5, 5.41) is 31.5. The lowest BCUT2D eigenvalue weighted by Gasteiger charge is -2.40. The molecule has 0 spiro atoms. The van der Waals surface area contributed by atoms with Gasteiger partial charge in [-0.05, 0) is 89.9 Å². The van der Waals surface area contributed by atoms with Crippen LogP contribution >= 0.6 is 0 Å². The molecule has 1 aliphatic rings. The Balaban J connectivity index is 2.71. The molecular weight excluding hydrogens is 1020 g/mol. The van der Waals surface area contributed by atoms with Crippen molar-refractivity contribution in [3.8, 4) is 0 Å². The van der Waals surface area contributed by atoms with E-state index in [4.69, 9.17) is 23.7 Å². The van der Waals surface area contributed by atoms with Gasteiger partial charge >= 0.3 is 23.9 Å². The van der Waals surface area contributed by atoms with E-state index in [0.717, 1.165) is 103 Å². The van der Waals surface area contributed by atoms with Crippen LogP contribution in [0.25, 0.3) is 0 Å². The predicted molar refractivity (Wildman–Crippen MR) is 331 cm³/mol. The van der Waals surface area contributed by atoms with Crippen LogP contribution in [0, 0.1) is 0 Å². The number of aliphatic carboxylic acids is 1. The summed E-state index contributed by atoms with van der Waals surface area (Å²) in [6.07, 6.45) is 62.4. The molecule has 1 heterocycles. The van der Waals surface area contributed by atoms with Gasteiger partial charge in [0.2, 0.25) is 0 Å². The largest absolute Gasteiger partial charge is 0.479 e. The molecule has 0 aromatic carbocycles. The predicted octanol–water partition coefficient (Wildman–Crippen LogP) is 17.2. The number of unbranched alkanes of at least 4 members (excludes halogenated alkanes) is 24. The molecule has 81 heavy (non-hydrogen) atoms. The monoisotopic (exact) mass is 1130 g/mol. The lowest BCUT2D eigenvalue weighted by atomic mass is 9.98. The molecule has 0 aliphatic carbocycles. The highest BCUT2D eigenvalue weighted by Crippen LogP contribution is 2.26. The second-order valence-electron chi connectivity index (χ2n) is 21.7. The van der Waals surface area contributed by atoms with E-state index >= 15 is 0 Å². The summed E-state index contributed by atoms with van der Waals surface area (Å²) in [6, 6.07) is 0. The fourth-order valence-corrected chi connectivity index (χ4v) is 9.25. The number of ether oxygens (including phenoxy) is 5. The second kappa shape index (κ2) is 56.1. The summed E-state index contributed by atoms with van der Waals surface area (Å²) in [7, 11) is 0. The SMILES string of the molecule is CC/C=C\C/C=C\C/C=C\C/C=C\C/C=C\C/C=C\CCC(=O)OCC(COC1OC(C(=O)O)C(O)C(O)C1OC(=O)CCCCCCCCCCCCCCC)OC(=O)CCCCCCCCCCC/C=C\C/C=C\CCCCC. The van der Waals surface area contributed by atoms with Crippen LogP contribution in [0.5, 0.6) is 0 Å². The molecular formula is C69H114O12. The topological polar surface area (TPSA) is 175 Å². The molecule has 1 saturated heterocycles. The maximum atomic E-state index is 13.2. The molecule has 1 aliphatic heterocycles. The number of esters is 3. The fraction of sp³-hybridized carbons (Fsp3) is 0.710. The van der Waals surface area contributed by atoms with Crippen molar-refractivity contribution in [3.05, 3.63) is 97.2 Å². The first-order chi connectivity index (χ1) is 39.6. The van der Waals surface area contributed by atoms with Crippen molar-refractivity contribution in [3.63, 3.8) is 0 Å². The number of allylic oxidation sites excluding steroid dienone is 16. The van der Waals surface area contributed by atoms with Crippen molar-refractivity contribution >= 4 is 23.9 Å². The summed E-state index contributed by atoms with van der Waals surface area (Å²) < 4.78 is 28.4. The summed E-state index contributed by atoms with van der Waals surface area (Å²) in [5.41, 5.74) is 0. The lowest BCUT2D eigenvalue weighted by Crippen LogP contribution is -2.61. The van der Waals surface area contributed by atoms with Crippen LogP contribution in [-0.2, 0) is 42.9 Å². The number of carboxylic acids is 1. The Morgan fingerprint density at radius 2 is 0.802 bits per heavy atom. The van der Waals surface area contributed by atoms with Gasteiger partial charge in [0.05, 0.1) is 6.61 Å². The normalized spacial score (nSPS) is 18.4. The molecule has 6 unspecified atom stereocenters. The minimum absolute atomic E-state index is 0.0524. The molecule has 12 nitrogen and oxygen atoms in total. The van der Waals surface area contributed by atoms with Crippen molar-refractivity contribution in [2.75, 3.05) is 13.2 Å². The van der Waals surface area contributed by atoms with Gasteiger partial charge in [0, 0.05) is 19.3 Å². The number of hydrogen-bond acceptors (Lipinski definition) is 11. The average Bonchev–Trinajstić information content (AvgIpc) is 3.46. The van der Waals surface area contributed by atoms with Crippen LogP contribution in [0.4, 0.5) is 0 Å². The molecule has 1 fully saturated rings. The van der Waals surface area contributed by atoms with Crippen LogP contribution in [0.2, 0.25) is 0 Å². The van der Waals surface area contributed by atoms with Crippen molar-refractivity contribution in [2.45, 2.75) is 302 Å². The fourth-order valence-electron chi connectivity index (χ4n) is 9.25. The Kier molecular flexibility index (Phi) is 51.7. The van der Waals surface area contributed by atoms with Gasteiger partial charge in [0.1, 0.15) is 18.8 Å². The first kappa shape index (κ1) is 74.7. The Bertz CT molecular complexity index is 1780. The van der Waals surface area contributed by atoms with Gasteiger partial charge in [0.25, 0.3) is 0 Å². The van der Waals surface area contributed by atoms with Crippen LogP contribution in [0.15, 0.2) is 97.2 Å². The van der Waals surface area contributed by atoms with E-state index in [1.54, 1.807) is 0 Å². The van der Waals surface area contributed by atoms with Gasteiger partial charge in [-0.2, -0.15) is 0 Å². The highest BCUT2D eigenvalue weighted by atomic mass is 16.7. The second-order valence-corrected chi connectivity index (χ2v) is 21.7. The first-order valence-electron chi connectivity index (χ1n) is 32.2. The first-order valence-corrected chi connectivity index (χ1v) is 32.2. The number of aliphatic hydroxyl groups excluding tert-OH is 2. The molecule has 0 aromatic rings. The zero-order chi connectivity index (χ0) is 58.9. The molecule has 0 radical (unpaired) electrons. The van der Waals surface area contributed by atoms with Gasteiger partial charge in [-0.3, -0.25) is 14.4 Å². The van der Waals surface area contributed by atoms with E-state index in [-0.39, 0.29) is 25.9 Å². The van der Waals surface area contributed by atoms with E-state index in [1.807, 2.05) is 12.2 Å². The highest BCUT2D eigenvalue weighted by molar-refractivity contribution is 5.74. The van der Waals surface area contributed by atoms with Gasteiger partial charge in [-0.25, -0.2) is 4.79 Å². The maximum absolute atomic E-state index is 13.2. The Hall–Kier alpha value is -4.36. The standard InChI is InChI=1S/C69H114O12/c1-4-7-10-13-16-19-22-25-27-29-31-33-35-38-40-43-46-49-52-55-61(70)77-58-60(79-62(71)56-53-50-47-44-42-39-36-34-32-30-28-26-23-20-17-14-11-8-5-2)59-78-69-67(65(74)64(73)66(81-69)68(75)76)80-63(72)57-54-51-48-45-41-37-24-21-18-15-12-9-6-3/h7,10,16-17,19-20,25-28,31,33,38,40,46,49,60,64-67,69,73-74H,4-6,8-9,11-15,18,21-24,29-30,32,34-37,39,41-45,47-48,50-59H2,1-3H3,(H,75,76)/b10-7-,19-16-,20-17-,27-25-,28-26-,33-31-,40-38-,49-46-. The van der Waals surface area contributed by atoms with Crippen molar-refractivity contribution in [1.29, 1.82) is 0 Å². The number of carboxylic acid groups (broad SMARTS) is 1. The molecule has 0 saturated carbocycles. The minimum Gasteiger partial charge on any atom is -0.479 e. The zero-order valence-corrected chi connectivity index (χ0v) is 51.0. The van der Waals surface area contributed by atoms with E-state index < -0.39 is 67.3 Å². The van der Waals surface area contributed by atoms with Crippen LogP contribution < -0.4 is 0 Å². The summed E-state index contributed by atoms with van der Waals surface area (Å²) >= 11 is 0. The molecule has 12 heteroatoms. The zero-order valence-electron chi connectivity index (χ0n) is 51.0. The third kappa shape index (κ3) is 45.8. The summed E-state index contributed by atoms with van der Waals surface area (Å²) in [4.78, 5) is 51.3. The van der Waals surface area contributed by atoms with E-state index in [2.05, 4.69) is 106 Å². The molecule has 462 valence electrons. The Morgan fingerprint density at radius 3 is 1.26 bits per heavy atom. The number of rotatable bonds is 54. The van der Waals surface area contributed by atoms with Gasteiger partial charge in [-0.15, -0.1) is 0 Å². The summed E-state index contributed by atoms with van der Waals surface area (Å²) in [6.45, 7) is 5.80. The number of aliphatic hydroxyl groups is 2. The van der Waals surface area contributed by atoms with E-state index in [1.165, 1.54) is 103 Å². The molecule has 0 amide bonds. The van der Waals surface area contributed by atoms with Gasteiger partial charge < -0.3 is 39.0 Å². The van der Waals surface area contributed by atoms with E-state index in [9.17, 15) is 34.5 Å². The van der Waals surface area contributed by atoms with Crippen molar-refractivity contribution in [2.24, 2.45) is 0 Å². The summed E-state index contributed by atoms with van der Waals surface area (Å²) in [5.74, 6) is -3.23. The third-order valence-electron chi connectivity index (χ3n) is 14.2. The van der Waals surface area contributed by atoms with Crippen LogP contribution in [0.1, 0.15) is 265 Å². The van der Waals surface area contributed by atoms with Gasteiger partial charge in [-0.1, -0.05) is 253 Å². The Labute approximate surface area is 492 Å². The molecule has 0 bridgehead atoms. The van der Waals surface area contributed by atoms with Crippen LogP contribution in [0.3, 0.4) is 0 Å². The molecule has 6 atom stereocenters. The Morgan fingerprint density at radius 1 is 0.420 bits per heavy atom. The quantitative estimate of drug-likeness (QED) is 0.0228. The van der Waals surface area contributed by atoms with Crippen LogP contribution in [-0.4, -0.2) is 89.2 Å². The van der Waals surface area contributed by atoms with E-state index in [0.29, 0.717) is 19.3 Å². The third-order valence-corrected chi connectivity index (χ3v) is 14.2.